The van der Waals surface area contributed by atoms with Gasteiger partial charge < -0.3 is 20.1 Å². The van der Waals surface area contributed by atoms with E-state index in [0.717, 1.165) is 44.2 Å². The molecule has 0 amide bonds. The molecular weight excluding hydrogens is 280 g/mol. The van der Waals surface area contributed by atoms with Crippen molar-refractivity contribution in [1.29, 1.82) is 0 Å². The molecule has 0 spiro atoms. The van der Waals surface area contributed by atoms with Crippen molar-refractivity contribution < 1.29 is 9.47 Å². The smallest absolute Gasteiger partial charge is 0.190 e. The van der Waals surface area contributed by atoms with Crippen molar-refractivity contribution >= 4 is 5.96 Å². The number of nitrogens with zero attached hydrogens (tertiary/aromatic N) is 2. The minimum atomic E-state index is 0.643. The summed E-state index contributed by atoms with van der Waals surface area (Å²) >= 11 is 0. The summed E-state index contributed by atoms with van der Waals surface area (Å²) in [6, 6.07) is 4.14. The molecular formula is C16H28N4O2. The predicted octanol–water partition coefficient (Wildman–Crippen LogP) is 1.15. The van der Waals surface area contributed by atoms with Crippen LogP contribution in [0.2, 0.25) is 0 Å². The molecule has 0 fully saturated rings. The highest BCUT2D eigenvalue weighted by Gasteiger charge is 1.98. The molecule has 124 valence electrons. The van der Waals surface area contributed by atoms with Crippen LogP contribution in [0.5, 0.6) is 0 Å². The number of hydrogen-bond acceptors (Lipinski definition) is 4. The van der Waals surface area contributed by atoms with Gasteiger partial charge in [0.2, 0.25) is 0 Å². The van der Waals surface area contributed by atoms with E-state index in [-0.39, 0.29) is 0 Å². The second kappa shape index (κ2) is 11.9. The quantitative estimate of drug-likeness (QED) is 0.385. The van der Waals surface area contributed by atoms with Crippen LogP contribution in [0.15, 0.2) is 23.3 Å². The van der Waals surface area contributed by atoms with Crippen LogP contribution in [0.4, 0.5) is 0 Å². The molecule has 1 rings (SSSR count). The monoisotopic (exact) mass is 308 g/mol. The fraction of sp³-hybridized carbons (Fsp3) is 0.625. The van der Waals surface area contributed by atoms with E-state index in [4.69, 9.17) is 9.47 Å². The number of rotatable bonds is 10. The molecule has 0 bridgehead atoms. The summed E-state index contributed by atoms with van der Waals surface area (Å²) in [4.78, 5) is 8.49. The predicted molar refractivity (Wildman–Crippen MR) is 89.4 cm³/mol. The van der Waals surface area contributed by atoms with Crippen LogP contribution >= 0.6 is 0 Å². The van der Waals surface area contributed by atoms with E-state index in [1.807, 2.05) is 19.2 Å². The van der Waals surface area contributed by atoms with Crippen molar-refractivity contribution in [3.05, 3.63) is 29.6 Å². The average molecular weight is 308 g/mol. The molecule has 0 aliphatic rings. The number of aromatic nitrogens is 1. The van der Waals surface area contributed by atoms with Crippen molar-refractivity contribution in [3.8, 4) is 0 Å². The van der Waals surface area contributed by atoms with Gasteiger partial charge in [0.25, 0.3) is 0 Å². The topological polar surface area (TPSA) is 67.8 Å². The van der Waals surface area contributed by atoms with Crippen LogP contribution in [0, 0.1) is 6.92 Å². The van der Waals surface area contributed by atoms with Gasteiger partial charge in [-0.3, -0.25) is 9.98 Å². The number of aryl methyl sites for hydroxylation is 1. The number of nitrogens with one attached hydrogen (secondary N) is 2. The second-order valence-electron chi connectivity index (χ2n) is 4.94. The van der Waals surface area contributed by atoms with Gasteiger partial charge in [0.15, 0.2) is 5.96 Å². The number of ether oxygens (including phenoxy) is 2. The summed E-state index contributed by atoms with van der Waals surface area (Å²) in [6.07, 6.45) is 3.78. The fourth-order valence-electron chi connectivity index (χ4n) is 1.82. The number of aliphatic imine (C=N–C) groups is 1. The third kappa shape index (κ3) is 8.59. The first-order chi connectivity index (χ1) is 10.8. The van der Waals surface area contributed by atoms with Crippen molar-refractivity contribution in [1.82, 2.24) is 15.6 Å². The van der Waals surface area contributed by atoms with Gasteiger partial charge in [-0.1, -0.05) is 6.07 Å². The van der Waals surface area contributed by atoms with Gasteiger partial charge >= 0.3 is 0 Å². The lowest BCUT2D eigenvalue weighted by atomic mass is 10.2. The van der Waals surface area contributed by atoms with Gasteiger partial charge in [0.05, 0.1) is 13.2 Å². The zero-order valence-electron chi connectivity index (χ0n) is 13.9. The Morgan fingerprint density at radius 2 is 2.00 bits per heavy atom. The summed E-state index contributed by atoms with van der Waals surface area (Å²) in [7, 11) is 3.45. The summed E-state index contributed by atoms with van der Waals surface area (Å²) < 4.78 is 10.3. The Balaban J connectivity index is 2.08. The molecule has 0 aliphatic heterocycles. The lowest BCUT2D eigenvalue weighted by Crippen LogP contribution is -2.39. The maximum absolute atomic E-state index is 5.41. The largest absolute Gasteiger partial charge is 0.382 e. The van der Waals surface area contributed by atoms with Gasteiger partial charge in [0, 0.05) is 45.7 Å². The molecule has 0 aliphatic carbocycles. The maximum atomic E-state index is 5.41. The van der Waals surface area contributed by atoms with E-state index in [2.05, 4.69) is 26.7 Å². The Kier molecular flexibility index (Phi) is 9.98. The molecule has 1 aromatic heterocycles. The molecule has 1 aromatic rings. The van der Waals surface area contributed by atoms with Crippen LogP contribution in [0.3, 0.4) is 0 Å². The highest BCUT2D eigenvalue weighted by molar-refractivity contribution is 5.79. The molecule has 0 aromatic carbocycles. The van der Waals surface area contributed by atoms with Crippen LogP contribution < -0.4 is 10.6 Å². The SMILES string of the molecule is CN=C(NCCCOCCOC)NCCc1ccc(C)nc1. The Hall–Kier alpha value is -1.66. The van der Waals surface area contributed by atoms with E-state index in [9.17, 15) is 0 Å². The average Bonchev–Trinajstić information content (AvgIpc) is 2.54. The molecule has 0 saturated heterocycles. The molecule has 6 heteroatoms. The second-order valence-corrected chi connectivity index (χ2v) is 4.94. The Morgan fingerprint density at radius 3 is 2.68 bits per heavy atom. The van der Waals surface area contributed by atoms with Crippen LogP contribution in [0.1, 0.15) is 17.7 Å². The first-order valence-corrected chi connectivity index (χ1v) is 7.69. The molecule has 0 radical (unpaired) electrons. The van der Waals surface area contributed by atoms with E-state index in [1.165, 1.54) is 5.56 Å². The first kappa shape index (κ1) is 18.4. The van der Waals surface area contributed by atoms with Gasteiger partial charge in [-0.25, -0.2) is 0 Å². The fourth-order valence-corrected chi connectivity index (χ4v) is 1.82. The molecule has 6 nitrogen and oxygen atoms in total. The maximum Gasteiger partial charge on any atom is 0.190 e. The molecule has 0 unspecified atom stereocenters. The molecule has 22 heavy (non-hydrogen) atoms. The van der Waals surface area contributed by atoms with E-state index in [0.29, 0.717) is 13.2 Å². The normalized spacial score (nSPS) is 11.5. The minimum Gasteiger partial charge on any atom is -0.382 e. The lowest BCUT2D eigenvalue weighted by Gasteiger charge is -2.12. The molecule has 0 saturated carbocycles. The van der Waals surface area contributed by atoms with E-state index < -0.39 is 0 Å². The zero-order chi connectivity index (χ0) is 16.0. The van der Waals surface area contributed by atoms with Crippen molar-refractivity contribution in [2.45, 2.75) is 19.8 Å². The number of pyridine rings is 1. The summed E-state index contributed by atoms with van der Waals surface area (Å²) in [5.74, 6) is 0.817. The number of hydrogen-bond donors (Lipinski definition) is 2. The molecule has 1 heterocycles. The van der Waals surface area contributed by atoms with Crippen LogP contribution in [0.25, 0.3) is 0 Å². The first-order valence-electron chi connectivity index (χ1n) is 7.69. The Bertz CT molecular complexity index is 421. The van der Waals surface area contributed by atoms with Crippen molar-refractivity contribution in [2.75, 3.05) is 47.1 Å². The number of guanidine groups is 1. The van der Waals surface area contributed by atoms with Gasteiger partial charge in [-0.2, -0.15) is 0 Å². The van der Waals surface area contributed by atoms with Crippen molar-refractivity contribution in [3.63, 3.8) is 0 Å². The third-order valence-corrected chi connectivity index (χ3v) is 3.09. The summed E-state index contributed by atoms with van der Waals surface area (Å²) in [5, 5.41) is 6.56. The summed E-state index contributed by atoms with van der Waals surface area (Å²) in [5.41, 5.74) is 2.27. The Labute approximate surface area is 133 Å². The lowest BCUT2D eigenvalue weighted by molar-refractivity contribution is 0.0698. The van der Waals surface area contributed by atoms with Gasteiger partial charge in [-0.05, 0) is 31.4 Å². The highest BCUT2D eigenvalue weighted by Crippen LogP contribution is 1.99. The van der Waals surface area contributed by atoms with Crippen LogP contribution in [-0.4, -0.2) is 58.0 Å². The van der Waals surface area contributed by atoms with Gasteiger partial charge in [-0.15, -0.1) is 0 Å². The Morgan fingerprint density at radius 1 is 1.18 bits per heavy atom. The third-order valence-electron chi connectivity index (χ3n) is 3.09. The van der Waals surface area contributed by atoms with E-state index >= 15 is 0 Å². The highest BCUT2D eigenvalue weighted by atomic mass is 16.5. The standard InChI is InChI=1S/C16H28N4O2/c1-14-5-6-15(13-20-14)7-9-19-16(17-2)18-8-4-10-22-12-11-21-3/h5-6,13H,4,7-12H2,1-3H3,(H2,17,18,19). The number of methoxy groups -OCH3 is 1. The summed E-state index contributed by atoms with van der Waals surface area (Å²) in [6.45, 7) is 5.67. The molecule has 2 N–H and O–H groups in total. The molecule has 0 atom stereocenters. The minimum absolute atomic E-state index is 0.643. The van der Waals surface area contributed by atoms with Crippen LogP contribution in [-0.2, 0) is 15.9 Å². The van der Waals surface area contributed by atoms with Crippen molar-refractivity contribution in [2.24, 2.45) is 4.99 Å². The zero-order valence-corrected chi connectivity index (χ0v) is 13.9. The van der Waals surface area contributed by atoms with Gasteiger partial charge in [0.1, 0.15) is 0 Å². The van der Waals surface area contributed by atoms with E-state index in [1.54, 1.807) is 14.2 Å².